The number of phenols is 1. The summed E-state index contributed by atoms with van der Waals surface area (Å²) in [6.45, 7) is 1.68. The van der Waals surface area contributed by atoms with Gasteiger partial charge in [-0.3, -0.25) is 9.36 Å². The van der Waals surface area contributed by atoms with Crippen LogP contribution in [-0.4, -0.2) is 39.2 Å². The van der Waals surface area contributed by atoms with Crippen molar-refractivity contribution in [3.63, 3.8) is 0 Å². The van der Waals surface area contributed by atoms with Gasteiger partial charge in [0.2, 0.25) is 0 Å². The van der Waals surface area contributed by atoms with Crippen LogP contribution in [-0.2, 0) is 6.54 Å². The third-order valence-electron chi connectivity index (χ3n) is 4.36. The molecule has 1 aromatic carbocycles. The molecule has 2 aromatic rings. The number of halogens is 4. The highest BCUT2D eigenvalue weighted by Crippen LogP contribution is 2.34. The predicted octanol–water partition coefficient (Wildman–Crippen LogP) is 4.05. The summed E-state index contributed by atoms with van der Waals surface area (Å²) >= 11 is 12.0. The fourth-order valence-corrected chi connectivity index (χ4v) is 3.57. The average Bonchev–Trinajstić information content (AvgIpc) is 2.88. The molecule has 1 saturated heterocycles. The molecule has 1 unspecified atom stereocenters. The topological polar surface area (TPSA) is 58.4 Å². The van der Waals surface area contributed by atoms with Gasteiger partial charge in [-0.15, -0.1) is 34.0 Å². The van der Waals surface area contributed by atoms with Crippen molar-refractivity contribution in [1.82, 2.24) is 14.5 Å². The van der Waals surface area contributed by atoms with E-state index in [-0.39, 0.29) is 66.2 Å². The number of hydrogen-bond acceptors (Lipinski definition) is 4. The quantitative estimate of drug-likeness (QED) is 0.686. The van der Waals surface area contributed by atoms with Crippen molar-refractivity contribution in [2.75, 3.05) is 13.6 Å². The molecule has 0 aliphatic carbocycles. The summed E-state index contributed by atoms with van der Waals surface area (Å²) in [5.74, 6) is -0.208. The number of aryl methyl sites for hydroxylation is 1. The number of aromatic hydroxyl groups is 1. The summed E-state index contributed by atoms with van der Waals surface area (Å²) in [6, 6.07) is 1.87. The van der Waals surface area contributed by atoms with E-state index in [0.29, 0.717) is 12.6 Å². The van der Waals surface area contributed by atoms with Crippen LogP contribution in [0.5, 0.6) is 5.75 Å². The summed E-state index contributed by atoms with van der Waals surface area (Å²) in [4.78, 5) is 19.0. The Morgan fingerprint density at radius 3 is 2.67 bits per heavy atom. The SMILES string of the molecule is Br.Br.CN1CCCC1CCn1cnc2c(O)c(Cl)cc(Cl)c2c1=O. The van der Waals surface area contributed by atoms with Gasteiger partial charge in [-0.1, -0.05) is 23.2 Å². The zero-order valence-corrected chi connectivity index (χ0v) is 18.0. The van der Waals surface area contributed by atoms with Crippen LogP contribution < -0.4 is 5.56 Å². The summed E-state index contributed by atoms with van der Waals surface area (Å²) in [6.07, 6.45) is 4.69. The maximum atomic E-state index is 12.6. The Morgan fingerprint density at radius 2 is 2.04 bits per heavy atom. The molecular weight excluding hydrogens is 485 g/mol. The molecule has 1 aliphatic rings. The van der Waals surface area contributed by atoms with Gasteiger partial charge in [-0.05, 0) is 38.9 Å². The van der Waals surface area contributed by atoms with Gasteiger partial charge >= 0.3 is 0 Å². The monoisotopic (exact) mass is 501 g/mol. The number of phenolic OH excluding ortho intramolecular Hbond substituents is 1. The molecule has 3 rings (SSSR count). The van der Waals surface area contributed by atoms with Crippen molar-refractivity contribution < 1.29 is 5.11 Å². The van der Waals surface area contributed by atoms with Gasteiger partial charge in [-0.25, -0.2) is 4.98 Å². The third kappa shape index (κ3) is 4.07. The number of aromatic nitrogens is 2. The Hall–Kier alpha value is -0.340. The Kier molecular flexibility index (Phi) is 8.00. The number of hydrogen-bond donors (Lipinski definition) is 1. The van der Waals surface area contributed by atoms with E-state index in [1.54, 1.807) is 4.57 Å². The summed E-state index contributed by atoms with van der Waals surface area (Å²) in [5, 5.41) is 10.4. The minimum absolute atomic E-state index is 0. The average molecular weight is 504 g/mol. The lowest BCUT2D eigenvalue weighted by molar-refractivity contribution is 0.285. The highest BCUT2D eigenvalue weighted by Gasteiger charge is 2.21. The van der Waals surface area contributed by atoms with E-state index < -0.39 is 0 Å². The maximum absolute atomic E-state index is 12.6. The van der Waals surface area contributed by atoms with Gasteiger partial charge in [0.25, 0.3) is 5.56 Å². The molecule has 1 atom stereocenters. The van der Waals surface area contributed by atoms with Crippen LogP contribution in [0, 0.1) is 0 Å². The predicted molar refractivity (Wildman–Crippen MR) is 109 cm³/mol. The van der Waals surface area contributed by atoms with Gasteiger partial charge < -0.3 is 10.0 Å². The lowest BCUT2D eigenvalue weighted by Gasteiger charge is -2.19. The number of nitrogens with zero attached hydrogens (tertiary/aromatic N) is 3. The van der Waals surface area contributed by atoms with E-state index in [4.69, 9.17) is 23.2 Å². The first-order valence-corrected chi connectivity index (χ1v) is 8.01. The summed E-state index contributed by atoms with van der Waals surface area (Å²) < 4.78 is 1.55. The van der Waals surface area contributed by atoms with Crippen molar-refractivity contribution >= 4 is 68.1 Å². The molecule has 0 bridgehead atoms. The molecular formula is C15H19Br2Cl2N3O2. The molecule has 5 nitrogen and oxygen atoms in total. The van der Waals surface area contributed by atoms with Gasteiger partial charge in [0.05, 0.1) is 21.8 Å². The number of fused-ring (bicyclic) bond motifs is 1. The second kappa shape index (κ2) is 8.85. The van der Waals surface area contributed by atoms with E-state index in [9.17, 15) is 9.90 Å². The lowest BCUT2D eigenvalue weighted by Crippen LogP contribution is -2.29. The Labute approximate surface area is 171 Å². The fourth-order valence-electron chi connectivity index (χ4n) is 3.04. The first-order chi connectivity index (χ1) is 10.5. The standard InChI is InChI=1S/C15H17Cl2N3O2.2BrH/c1-19-5-2-3-9(19)4-6-20-8-18-13-12(15(20)22)10(16)7-11(17)14(13)21;;/h7-9,21H,2-6H2,1H3;2*1H. The first-order valence-electron chi connectivity index (χ1n) is 7.25. The molecule has 0 saturated carbocycles. The normalized spacial score (nSPS) is 17.5. The number of likely N-dealkylation sites (tertiary alicyclic amines) is 1. The van der Waals surface area contributed by atoms with Crippen LogP contribution in [0.4, 0.5) is 0 Å². The van der Waals surface area contributed by atoms with E-state index >= 15 is 0 Å². The lowest BCUT2D eigenvalue weighted by atomic mass is 10.1. The third-order valence-corrected chi connectivity index (χ3v) is 4.94. The smallest absolute Gasteiger partial charge is 0.262 e. The van der Waals surface area contributed by atoms with Gasteiger partial charge in [0, 0.05) is 12.6 Å². The van der Waals surface area contributed by atoms with Crippen LogP contribution in [0.1, 0.15) is 19.3 Å². The molecule has 0 spiro atoms. The summed E-state index contributed by atoms with van der Waals surface area (Å²) in [7, 11) is 2.11. The first kappa shape index (κ1) is 21.7. The molecule has 0 radical (unpaired) electrons. The minimum Gasteiger partial charge on any atom is -0.504 e. The van der Waals surface area contributed by atoms with E-state index in [1.807, 2.05) is 0 Å². The number of rotatable bonds is 3. The van der Waals surface area contributed by atoms with Crippen molar-refractivity contribution in [2.45, 2.75) is 31.8 Å². The van der Waals surface area contributed by atoms with Gasteiger partial charge in [-0.2, -0.15) is 0 Å². The molecule has 134 valence electrons. The largest absolute Gasteiger partial charge is 0.504 e. The molecule has 1 aromatic heterocycles. The molecule has 1 N–H and O–H groups in total. The molecule has 24 heavy (non-hydrogen) atoms. The van der Waals surface area contributed by atoms with Gasteiger partial charge in [0.15, 0.2) is 5.75 Å². The van der Waals surface area contributed by atoms with Crippen LogP contribution in [0.2, 0.25) is 10.0 Å². The molecule has 1 fully saturated rings. The molecule has 1 aliphatic heterocycles. The Morgan fingerprint density at radius 1 is 1.33 bits per heavy atom. The maximum Gasteiger partial charge on any atom is 0.262 e. The molecule has 2 heterocycles. The van der Waals surface area contributed by atoms with Crippen molar-refractivity contribution in [2.24, 2.45) is 0 Å². The van der Waals surface area contributed by atoms with Gasteiger partial charge in [0.1, 0.15) is 5.52 Å². The summed E-state index contributed by atoms with van der Waals surface area (Å²) in [5.41, 5.74) is -0.0978. The minimum atomic E-state index is -0.248. The fraction of sp³-hybridized carbons (Fsp3) is 0.467. The second-order valence-electron chi connectivity index (χ2n) is 5.72. The second-order valence-corrected chi connectivity index (χ2v) is 6.54. The van der Waals surface area contributed by atoms with E-state index in [0.717, 1.165) is 19.4 Å². The van der Waals surface area contributed by atoms with Crippen molar-refractivity contribution in [1.29, 1.82) is 0 Å². The highest BCUT2D eigenvalue weighted by atomic mass is 79.9. The van der Waals surface area contributed by atoms with Crippen LogP contribution >= 0.6 is 57.2 Å². The van der Waals surface area contributed by atoms with Crippen LogP contribution in [0.3, 0.4) is 0 Å². The number of benzene rings is 1. The van der Waals surface area contributed by atoms with E-state index in [1.165, 1.54) is 18.8 Å². The molecule has 0 amide bonds. The Balaban J connectivity index is 0.00000144. The van der Waals surface area contributed by atoms with E-state index in [2.05, 4.69) is 16.9 Å². The Bertz CT molecular complexity index is 785. The van der Waals surface area contributed by atoms with Crippen LogP contribution in [0.15, 0.2) is 17.2 Å². The molecule has 9 heteroatoms. The van der Waals surface area contributed by atoms with Crippen molar-refractivity contribution in [3.05, 3.63) is 32.8 Å². The van der Waals surface area contributed by atoms with Crippen molar-refractivity contribution in [3.8, 4) is 5.75 Å². The zero-order chi connectivity index (χ0) is 15.9. The highest BCUT2D eigenvalue weighted by molar-refractivity contribution is 8.93. The zero-order valence-electron chi connectivity index (χ0n) is 13.0. The van der Waals surface area contributed by atoms with Crippen LogP contribution in [0.25, 0.3) is 10.9 Å².